The highest BCUT2D eigenvalue weighted by atomic mass is 32.2. The van der Waals surface area contributed by atoms with Crippen LogP contribution < -0.4 is 10.0 Å². The van der Waals surface area contributed by atoms with E-state index in [1.807, 2.05) is 0 Å². The average Bonchev–Trinajstić information content (AvgIpc) is 2.78. The van der Waals surface area contributed by atoms with E-state index in [9.17, 15) is 21.6 Å². The van der Waals surface area contributed by atoms with Gasteiger partial charge in [-0.3, -0.25) is 4.79 Å². The zero-order valence-corrected chi connectivity index (χ0v) is 18.0. The van der Waals surface area contributed by atoms with Crippen LogP contribution in [0.1, 0.15) is 15.9 Å². The lowest BCUT2D eigenvalue weighted by Gasteiger charge is -2.26. The van der Waals surface area contributed by atoms with Crippen molar-refractivity contribution in [1.82, 2.24) is 14.3 Å². The number of carbonyl (C=O) groups is 1. The maximum atomic E-state index is 12.8. The molecule has 11 heteroatoms. The Morgan fingerprint density at radius 1 is 1.00 bits per heavy atom. The number of morpholine rings is 1. The third-order valence-corrected chi connectivity index (χ3v) is 7.94. The van der Waals surface area contributed by atoms with Crippen molar-refractivity contribution in [2.75, 3.05) is 33.4 Å². The summed E-state index contributed by atoms with van der Waals surface area (Å²) in [6, 6.07) is 12.0. The van der Waals surface area contributed by atoms with Crippen LogP contribution in [0.15, 0.2) is 58.3 Å². The smallest absolute Gasteiger partial charge is 0.251 e. The molecule has 0 unspecified atom stereocenters. The number of hydrogen-bond donors (Lipinski definition) is 2. The summed E-state index contributed by atoms with van der Waals surface area (Å²) in [6.45, 7) is 1.41. The van der Waals surface area contributed by atoms with Gasteiger partial charge in [-0.1, -0.05) is 18.2 Å². The fourth-order valence-corrected chi connectivity index (χ4v) is 5.21. The molecule has 2 N–H and O–H groups in total. The topological polar surface area (TPSA) is 122 Å². The predicted molar refractivity (Wildman–Crippen MR) is 110 cm³/mol. The SMILES string of the molecule is CNS(=O)(=O)c1cccc(C(=O)NCc2cccc(S(=O)(=O)N3CCOCC3)c2)c1. The van der Waals surface area contributed by atoms with Crippen LogP contribution in [0.4, 0.5) is 0 Å². The van der Waals surface area contributed by atoms with Crippen LogP contribution in [-0.2, 0) is 31.3 Å². The Labute approximate surface area is 176 Å². The minimum atomic E-state index is -3.66. The molecule has 3 rings (SSSR count). The Morgan fingerprint density at radius 3 is 2.37 bits per heavy atom. The summed E-state index contributed by atoms with van der Waals surface area (Å²) in [5.41, 5.74) is 0.792. The Balaban J connectivity index is 1.72. The number of nitrogens with one attached hydrogen (secondary N) is 2. The van der Waals surface area contributed by atoms with Gasteiger partial charge in [-0.2, -0.15) is 4.31 Å². The molecule has 0 atom stereocenters. The molecule has 9 nitrogen and oxygen atoms in total. The van der Waals surface area contributed by atoms with E-state index in [2.05, 4.69) is 10.0 Å². The number of carbonyl (C=O) groups excluding carboxylic acids is 1. The monoisotopic (exact) mass is 453 g/mol. The quantitative estimate of drug-likeness (QED) is 0.631. The van der Waals surface area contributed by atoms with E-state index in [4.69, 9.17) is 4.74 Å². The van der Waals surface area contributed by atoms with Crippen LogP contribution in [0.3, 0.4) is 0 Å². The molecule has 1 amide bonds. The van der Waals surface area contributed by atoms with Gasteiger partial charge in [0, 0.05) is 25.2 Å². The molecule has 30 heavy (non-hydrogen) atoms. The van der Waals surface area contributed by atoms with Crippen LogP contribution in [0.2, 0.25) is 0 Å². The Morgan fingerprint density at radius 2 is 1.67 bits per heavy atom. The summed E-state index contributed by atoms with van der Waals surface area (Å²) in [4.78, 5) is 12.6. The second-order valence-electron chi connectivity index (χ2n) is 6.58. The lowest BCUT2D eigenvalue weighted by atomic mass is 10.2. The van der Waals surface area contributed by atoms with E-state index in [1.54, 1.807) is 12.1 Å². The lowest BCUT2D eigenvalue weighted by Crippen LogP contribution is -2.40. The molecule has 0 spiro atoms. The molecule has 0 bridgehead atoms. The third-order valence-electron chi connectivity index (χ3n) is 4.63. The highest BCUT2D eigenvalue weighted by Gasteiger charge is 2.26. The van der Waals surface area contributed by atoms with Gasteiger partial charge in [-0.15, -0.1) is 0 Å². The minimum absolute atomic E-state index is 0.0174. The number of hydrogen-bond acceptors (Lipinski definition) is 6. The lowest BCUT2D eigenvalue weighted by molar-refractivity contribution is 0.0730. The standard InChI is InChI=1S/C19H23N3O6S2/c1-20-29(24,25)17-6-3-5-16(13-17)19(23)21-14-15-4-2-7-18(12-15)30(26,27)22-8-10-28-11-9-22/h2-7,12-13,20H,8-11,14H2,1H3,(H,21,23). The summed E-state index contributed by atoms with van der Waals surface area (Å²) < 4.78 is 58.1. The van der Waals surface area contributed by atoms with Gasteiger partial charge in [0.15, 0.2) is 0 Å². The molecule has 1 heterocycles. The van der Waals surface area contributed by atoms with Gasteiger partial charge in [0.25, 0.3) is 5.91 Å². The molecule has 2 aromatic rings. The van der Waals surface area contributed by atoms with Crippen molar-refractivity contribution < 1.29 is 26.4 Å². The van der Waals surface area contributed by atoms with Gasteiger partial charge in [-0.05, 0) is 42.9 Å². The molecule has 1 saturated heterocycles. The molecular formula is C19H23N3O6S2. The van der Waals surface area contributed by atoms with Crippen LogP contribution in [-0.4, -0.2) is 60.4 Å². The van der Waals surface area contributed by atoms with Crippen molar-refractivity contribution in [1.29, 1.82) is 0 Å². The highest BCUT2D eigenvalue weighted by molar-refractivity contribution is 7.89. The van der Waals surface area contributed by atoms with E-state index >= 15 is 0 Å². The average molecular weight is 454 g/mol. The van der Waals surface area contributed by atoms with Gasteiger partial charge >= 0.3 is 0 Å². The van der Waals surface area contributed by atoms with Gasteiger partial charge in [0.05, 0.1) is 23.0 Å². The molecule has 0 aromatic heterocycles. The van der Waals surface area contributed by atoms with Crippen LogP contribution in [0.5, 0.6) is 0 Å². The minimum Gasteiger partial charge on any atom is -0.379 e. The first-order valence-electron chi connectivity index (χ1n) is 9.23. The van der Waals surface area contributed by atoms with E-state index in [0.717, 1.165) is 0 Å². The first kappa shape index (κ1) is 22.4. The zero-order valence-electron chi connectivity index (χ0n) is 16.4. The molecule has 1 fully saturated rings. The van der Waals surface area contributed by atoms with E-state index in [0.29, 0.717) is 31.9 Å². The Kier molecular flexibility index (Phi) is 6.88. The summed E-state index contributed by atoms with van der Waals surface area (Å²) in [6.07, 6.45) is 0. The highest BCUT2D eigenvalue weighted by Crippen LogP contribution is 2.18. The van der Waals surface area contributed by atoms with Gasteiger partial charge < -0.3 is 10.1 Å². The largest absolute Gasteiger partial charge is 0.379 e. The van der Waals surface area contributed by atoms with Gasteiger partial charge in [0.1, 0.15) is 0 Å². The second-order valence-corrected chi connectivity index (χ2v) is 10.4. The molecule has 2 aromatic carbocycles. The molecule has 1 aliphatic rings. The molecular weight excluding hydrogens is 430 g/mol. The number of sulfonamides is 2. The molecule has 0 radical (unpaired) electrons. The normalized spacial score (nSPS) is 15.6. The van der Waals surface area contributed by atoms with Crippen LogP contribution in [0, 0.1) is 0 Å². The fourth-order valence-electron chi connectivity index (χ4n) is 2.96. The zero-order chi connectivity index (χ0) is 21.8. The number of amides is 1. The molecule has 0 aliphatic carbocycles. The second kappa shape index (κ2) is 9.23. The van der Waals surface area contributed by atoms with Gasteiger partial charge in [0.2, 0.25) is 20.0 Å². The van der Waals surface area contributed by atoms with Crippen molar-refractivity contribution in [3.8, 4) is 0 Å². The summed E-state index contributed by atoms with van der Waals surface area (Å²) in [5, 5.41) is 2.69. The summed E-state index contributed by atoms with van der Waals surface area (Å²) >= 11 is 0. The van der Waals surface area contributed by atoms with Crippen LogP contribution in [0.25, 0.3) is 0 Å². The third kappa shape index (κ3) is 5.05. The van der Waals surface area contributed by atoms with E-state index in [1.165, 1.54) is 47.8 Å². The number of nitrogens with zero attached hydrogens (tertiary/aromatic N) is 1. The van der Waals surface area contributed by atoms with Crippen molar-refractivity contribution in [3.05, 3.63) is 59.7 Å². The molecule has 162 valence electrons. The summed E-state index contributed by atoms with van der Waals surface area (Å²) in [5.74, 6) is -0.468. The van der Waals surface area contributed by atoms with Crippen molar-refractivity contribution in [2.24, 2.45) is 0 Å². The molecule has 0 saturated carbocycles. The van der Waals surface area contributed by atoms with Crippen molar-refractivity contribution in [2.45, 2.75) is 16.3 Å². The van der Waals surface area contributed by atoms with Crippen molar-refractivity contribution in [3.63, 3.8) is 0 Å². The van der Waals surface area contributed by atoms with Crippen LogP contribution >= 0.6 is 0 Å². The predicted octanol–water partition coefficient (Wildman–Crippen LogP) is 0.546. The van der Waals surface area contributed by atoms with Gasteiger partial charge in [-0.25, -0.2) is 21.6 Å². The number of rotatable bonds is 7. The van der Waals surface area contributed by atoms with E-state index in [-0.39, 0.29) is 21.9 Å². The number of ether oxygens (including phenoxy) is 1. The van der Waals surface area contributed by atoms with E-state index < -0.39 is 26.0 Å². The fraction of sp³-hybridized carbons (Fsp3) is 0.316. The number of benzene rings is 2. The summed E-state index contributed by atoms with van der Waals surface area (Å²) in [7, 11) is -6.01. The maximum absolute atomic E-state index is 12.8. The Hall–Kier alpha value is -2.31. The molecule has 1 aliphatic heterocycles. The Bertz CT molecular complexity index is 1130. The maximum Gasteiger partial charge on any atom is 0.251 e. The first-order valence-corrected chi connectivity index (χ1v) is 12.1. The van der Waals surface area contributed by atoms with Crippen molar-refractivity contribution >= 4 is 26.0 Å². The first-order chi connectivity index (χ1) is 14.2.